The minimum absolute atomic E-state index is 0.221. The first-order valence-electron chi connectivity index (χ1n) is 6.26. The lowest BCUT2D eigenvalue weighted by Crippen LogP contribution is -2.32. The van der Waals surface area contributed by atoms with Gasteiger partial charge in [0.25, 0.3) is 0 Å². The molecule has 0 aromatic heterocycles. The fraction of sp³-hybridized carbons (Fsp3) is 0.769. The molecule has 0 rings (SSSR count). The average Bonchev–Trinajstić information content (AvgIpc) is 2.27. The molecule has 0 spiro atoms. The Bertz CT molecular complexity index is 249. The summed E-state index contributed by atoms with van der Waals surface area (Å²) in [6.45, 7) is 10.9. The summed E-state index contributed by atoms with van der Waals surface area (Å²) >= 11 is 0. The molecule has 0 aromatic rings. The first kappa shape index (κ1) is 16.0. The second-order valence-electron chi connectivity index (χ2n) is 5.21. The Morgan fingerprint density at radius 2 is 2.18 bits per heavy atom. The molecule has 1 unspecified atom stereocenters. The molecule has 0 aromatic carbocycles. The molecule has 100 valence electrons. The van der Waals surface area contributed by atoms with Crippen LogP contribution in [-0.4, -0.2) is 23.6 Å². The third-order valence-electron chi connectivity index (χ3n) is 3.04. The molecule has 0 bridgehead atoms. The zero-order chi connectivity index (χ0) is 13.3. The largest absolute Gasteiger partial charge is 0.409 e. The average molecular weight is 241 g/mol. The predicted molar refractivity (Wildman–Crippen MR) is 73.3 cm³/mol. The Morgan fingerprint density at radius 1 is 1.53 bits per heavy atom. The van der Waals surface area contributed by atoms with E-state index >= 15 is 0 Å². The Hall–Kier alpha value is -1.03. The van der Waals surface area contributed by atoms with Gasteiger partial charge in [-0.15, -0.1) is 6.58 Å². The summed E-state index contributed by atoms with van der Waals surface area (Å²) in [6, 6.07) is 0.490. The van der Waals surface area contributed by atoms with Gasteiger partial charge in [0.15, 0.2) is 0 Å². The van der Waals surface area contributed by atoms with Crippen molar-refractivity contribution in [1.29, 1.82) is 0 Å². The van der Waals surface area contributed by atoms with Crippen molar-refractivity contribution in [3.63, 3.8) is 0 Å². The van der Waals surface area contributed by atoms with Gasteiger partial charge < -0.3 is 16.3 Å². The van der Waals surface area contributed by atoms with Gasteiger partial charge in [-0.3, -0.25) is 0 Å². The molecule has 0 saturated heterocycles. The summed E-state index contributed by atoms with van der Waals surface area (Å²) in [5.41, 5.74) is 5.41. The maximum atomic E-state index is 8.65. The van der Waals surface area contributed by atoms with Gasteiger partial charge in [-0.1, -0.05) is 31.5 Å². The van der Waals surface area contributed by atoms with E-state index in [0.29, 0.717) is 11.9 Å². The van der Waals surface area contributed by atoms with Crippen LogP contribution in [0.15, 0.2) is 17.8 Å². The predicted octanol–water partition coefficient (Wildman–Crippen LogP) is 2.48. The molecule has 17 heavy (non-hydrogen) atoms. The maximum absolute atomic E-state index is 8.65. The van der Waals surface area contributed by atoms with Crippen molar-refractivity contribution in [2.45, 2.75) is 52.5 Å². The van der Waals surface area contributed by atoms with E-state index in [0.717, 1.165) is 32.2 Å². The number of hydrogen-bond acceptors (Lipinski definition) is 3. The third-order valence-corrected chi connectivity index (χ3v) is 3.04. The molecule has 4 N–H and O–H groups in total. The molecule has 0 aliphatic heterocycles. The van der Waals surface area contributed by atoms with E-state index in [1.807, 2.05) is 19.9 Å². The summed E-state index contributed by atoms with van der Waals surface area (Å²) in [5.74, 6) is 0.311. The molecule has 0 fully saturated rings. The quantitative estimate of drug-likeness (QED) is 0.145. The van der Waals surface area contributed by atoms with Gasteiger partial charge in [0.1, 0.15) is 5.84 Å². The maximum Gasteiger partial charge on any atom is 0.144 e. The van der Waals surface area contributed by atoms with Gasteiger partial charge >= 0.3 is 0 Å². The van der Waals surface area contributed by atoms with Gasteiger partial charge in [0.2, 0.25) is 0 Å². The first-order chi connectivity index (χ1) is 7.94. The summed E-state index contributed by atoms with van der Waals surface area (Å²) in [5, 5.41) is 15.2. The summed E-state index contributed by atoms with van der Waals surface area (Å²) < 4.78 is 0. The van der Waals surface area contributed by atoms with Gasteiger partial charge in [-0.25, -0.2) is 0 Å². The van der Waals surface area contributed by atoms with Crippen LogP contribution in [0.3, 0.4) is 0 Å². The molecular weight excluding hydrogens is 214 g/mol. The Labute approximate surface area is 105 Å². The van der Waals surface area contributed by atoms with Crippen molar-refractivity contribution in [3.05, 3.63) is 12.7 Å². The fourth-order valence-electron chi connectivity index (χ4n) is 1.64. The van der Waals surface area contributed by atoms with Crippen LogP contribution in [0.1, 0.15) is 46.5 Å². The molecule has 4 heteroatoms. The molecule has 0 aliphatic carbocycles. The first-order valence-corrected chi connectivity index (χ1v) is 6.26. The number of rotatable bonds is 9. The Kier molecular flexibility index (Phi) is 7.63. The number of nitrogens with one attached hydrogen (secondary N) is 1. The number of hydrogen-bond donors (Lipinski definition) is 3. The van der Waals surface area contributed by atoms with Crippen LogP contribution in [0, 0.1) is 5.41 Å². The van der Waals surface area contributed by atoms with Crippen LogP contribution in [0.25, 0.3) is 0 Å². The monoisotopic (exact) mass is 241 g/mol. The zero-order valence-corrected chi connectivity index (χ0v) is 11.4. The van der Waals surface area contributed by atoms with E-state index in [4.69, 9.17) is 10.9 Å². The van der Waals surface area contributed by atoms with Crippen LogP contribution in [-0.2, 0) is 0 Å². The standard InChI is InChI=1S/C13H27N3O/c1-5-8-11(2)15-10-7-6-9-13(3,4)12(14)16-17/h5,11,15,17H,1,6-10H2,2-4H3,(H2,14,16). The van der Waals surface area contributed by atoms with Crippen molar-refractivity contribution >= 4 is 5.84 Å². The second-order valence-corrected chi connectivity index (χ2v) is 5.21. The molecule has 4 nitrogen and oxygen atoms in total. The highest BCUT2D eigenvalue weighted by Crippen LogP contribution is 2.23. The van der Waals surface area contributed by atoms with Crippen LogP contribution in [0.2, 0.25) is 0 Å². The van der Waals surface area contributed by atoms with Gasteiger partial charge in [0, 0.05) is 11.5 Å². The summed E-state index contributed by atoms with van der Waals surface area (Å²) in [6.07, 6.45) is 6.02. The topological polar surface area (TPSA) is 70.6 Å². The minimum Gasteiger partial charge on any atom is -0.409 e. The van der Waals surface area contributed by atoms with Crippen molar-refractivity contribution < 1.29 is 5.21 Å². The minimum atomic E-state index is -0.221. The molecule has 0 radical (unpaired) electrons. The SMILES string of the molecule is C=CCC(C)NCCCCC(C)(C)/C(N)=N/O. The zero-order valence-electron chi connectivity index (χ0n) is 11.4. The molecule has 0 aliphatic rings. The van der Waals surface area contributed by atoms with Crippen LogP contribution in [0.5, 0.6) is 0 Å². The smallest absolute Gasteiger partial charge is 0.144 e. The second kappa shape index (κ2) is 8.12. The van der Waals surface area contributed by atoms with E-state index in [1.54, 1.807) is 0 Å². The van der Waals surface area contributed by atoms with Crippen LogP contribution >= 0.6 is 0 Å². The third kappa shape index (κ3) is 7.00. The van der Waals surface area contributed by atoms with Crippen molar-refractivity contribution in [1.82, 2.24) is 5.32 Å². The lowest BCUT2D eigenvalue weighted by atomic mass is 9.86. The van der Waals surface area contributed by atoms with Crippen LogP contribution < -0.4 is 11.1 Å². The normalized spacial score (nSPS) is 14.6. The van der Waals surface area contributed by atoms with E-state index < -0.39 is 0 Å². The van der Waals surface area contributed by atoms with Crippen molar-refractivity contribution in [2.75, 3.05) is 6.54 Å². The molecular formula is C13H27N3O. The Morgan fingerprint density at radius 3 is 2.71 bits per heavy atom. The van der Waals surface area contributed by atoms with E-state index in [2.05, 4.69) is 24.0 Å². The van der Waals surface area contributed by atoms with Crippen molar-refractivity contribution in [3.8, 4) is 0 Å². The van der Waals surface area contributed by atoms with Gasteiger partial charge in [0.05, 0.1) is 0 Å². The lowest BCUT2D eigenvalue weighted by Gasteiger charge is -2.22. The lowest BCUT2D eigenvalue weighted by molar-refractivity contribution is 0.304. The summed E-state index contributed by atoms with van der Waals surface area (Å²) in [4.78, 5) is 0. The van der Waals surface area contributed by atoms with Gasteiger partial charge in [-0.2, -0.15) is 0 Å². The summed E-state index contributed by atoms with van der Waals surface area (Å²) in [7, 11) is 0. The molecule has 0 amide bonds. The van der Waals surface area contributed by atoms with E-state index in [-0.39, 0.29) is 5.41 Å². The fourth-order valence-corrected chi connectivity index (χ4v) is 1.64. The van der Waals surface area contributed by atoms with Crippen molar-refractivity contribution in [2.24, 2.45) is 16.3 Å². The molecule has 0 saturated carbocycles. The number of unbranched alkanes of at least 4 members (excludes halogenated alkanes) is 1. The van der Waals surface area contributed by atoms with E-state index in [1.165, 1.54) is 0 Å². The number of nitrogens with zero attached hydrogens (tertiary/aromatic N) is 1. The molecule has 0 heterocycles. The number of nitrogens with two attached hydrogens (primary N) is 1. The Balaban J connectivity index is 3.68. The van der Waals surface area contributed by atoms with Crippen LogP contribution in [0.4, 0.5) is 0 Å². The molecule has 1 atom stereocenters. The van der Waals surface area contributed by atoms with Gasteiger partial charge in [-0.05, 0) is 32.7 Å². The number of amidine groups is 1. The van der Waals surface area contributed by atoms with E-state index in [9.17, 15) is 0 Å². The highest BCUT2D eigenvalue weighted by molar-refractivity contribution is 5.85. The number of oxime groups is 1. The highest BCUT2D eigenvalue weighted by Gasteiger charge is 2.22. The highest BCUT2D eigenvalue weighted by atomic mass is 16.4.